The van der Waals surface area contributed by atoms with Gasteiger partial charge in [-0.25, -0.2) is 4.68 Å². The Kier molecular flexibility index (Phi) is 6.49. The Balaban J connectivity index is 1.37. The molecule has 0 fully saturated rings. The first-order valence-electron chi connectivity index (χ1n) is 10.0. The van der Waals surface area contributed by atoms with Crippen LogP contribution in [0.25, 0.3) is 5.69 Å². The zero-order valence-electron chi connectivity index (χ0n) is 17.6. The number of amides is 1. The zero-order chi connectivity index (χ0) is 22.7. The summed E-state index contributed by atoms with van der Waals surface area (Å²) in [6.07, 6.45) is 0. The summed E-state index contributed by atoms with van der Waals surface area (Å²) in [7, 11) is 0. The molecule has 0 saturated carbocycles. The van der Waals surface area contributed by atoms with Crippen LogP contribution >= 0.6 is 23.2 Å². The highest BCUT2D eigenvalue weighted by molar-refractivity contribution is 6.31. The number of hydrogen-bond acceptors (Lipinski definition) is 3. The van der Waals surface area contributed by atoms with Crippen molar-refractivity contribution < 1.29 is 9.53 Å². The minimum Gasteiger partial charge on any atom is -0.489 e. The van der Waals surface area contributed by atoms with Crippen molar-refractivity contribution in [2.75, 3.05) is 5.32 Å². The van der Waals surface area contributed by atoms with Crippen molar-refractivity contribution in [1.29, 1.82) is 0 Å². The SMILES string of the molecule is Cc1nn(-c2ccc(NC(=O)c3ccc(OCc4ccc(Cl)cc4)cc3)cc2)c(C)c1Cl. The number of nitrogens with zero attached hydrogens (tertiary/aromatic N) is 2. The molecule has 0 atom stereocenters. The fourth-order valence-corrected chi connectivity index (χ4v) is 3.46. The Morgan fingerprint density at radius 3 is 2.19 bits per heavy atom. The Hall–Kier alpha value is -3.28. The molecule has 4 rings (SSSR count). The lowest BCUT2D eigenvalue weighted by atomic mass is 10.2. The molecule has 1 aromatic heterocycles. The number of carbonyl (C=O) groups excluding carboxylic acids is 1. The van der Waals surface area contributed by atoms with E-state index in [1.165, 1.54) is 0 Å². The van der Waals surface area contributed by atoms with Crippen molar-refractivity contribution in [3.63, 3.8) is 0 Å². The third kappa shape index (κ3) is 4.96. The molecule has 7 heteroatoms. The minimum absolute atomic E-state index is 0.198. The topological polar surface area (TPSA) is 56.2 Å². The number of rotatable bonds is 6. The van der Waals surface area contributed by atoms with E-state index in [2.05, 4.69) is 10.4 Å². The number of ether oxygens (including phenoxy) is 1. The van der Waals surface area contributed by atoms with Gasteiger partial charge in [0, 0.05) is 16.3 Å². The summed E-state index contributed by atoms with van der Waals surface area (Å²) in [5, 5.41) is 8.69. The smallest absolute Gasteiger partial charge is 0.255 e. The Morgan fingerprint density at radius 1 is 0.938 bits per heavy atom. The third-order valence-corrected chi connectivity index (χ3v) is 5.81. The first kappa shape index (κ1) is 21.9. The fraction of sp³-hybridized carbons (Fsp3) is 0.120. The standard InChI is InChI=1S/C25H21Cl2N3O2/c1-16-24(27)17(2)30(29-16)22-11-9-21(10-12-22)28-25(31)19-5-13-23(14-6-19)32-15-18-3-7-20(26)8-4-18/h3-14H,15H2,1-2H3,(H,28,31). The minimum atomic E-state index is -0.198. The summed E-state index contributed by atoms with van der Waals surface area (Å²) >= 11 is 12.1. The van der Waals surface area contributed by atoms with Crippen molar-refractivity contribution in [1.82, 2.24) is 9.78 Å². The highest BCUT2D eigenvalue weighted by atomic mass is 35.5. The van der Waals surface area contributed by atoms with Gasteiger partial charge in [-0.3, -0.25) is 4.79 Å². The number of hydrogen-bond donors (Lipinski definition) is 1. The van der Waals surface area contributed by atoms with Gasteiger partial charge in [0.1, 0.15) is 12.4 Å². The van der Waals surface area contributed by atoms with E-state index in [0.717, 1.165) is 22.6 Å². The number of aryl methyl sites for hydroxylation is 1. The third-order valence-electron chi connectivity index (χ3n) is 5.01. The van der Waals surface area contributed by atoms with Crippen LogP contribution in [0.4, 0.5) is 5.69 Å². The average Bonchev–Trinajstić information content (AvgIpc) is 3.07. The maximum absolute atomic E-state index is 12.6. The van der Waals surface area contributed by atoms with Crippen LogP contribution in [0.5, 0.6) is 5.75 Å². The van der Waals surface area contributed by atoms with E-state index in [0.29, 0.717) is 33.7 Å². The lowest BCUT2D eigenvalue weighted by Gasteiger charge is -2.09. The number of nitrogens with one attached hydrogen (secondary N) is 1. The second kappa shape index (κ2) is 9.47. The number of benzene rings is 3. The van der Waals surface area contributed by atoms with Crippen LogP contribution in [0.1, 0.15) is 27.3 Å². The molecule has 0 radical (unpaired) electrons. The monoisotopic (exact) mass is 465 g/mol. The molecular weight excluding hydrogens is 445 g/mol. The molecule has 0 aliphatic heterocycles. The van der Waals surface area contributed by atoms with Crippen LogP contribution in [0.15, 0.2) is 72.8 Å². The molecule has 4 aromatic rings. The fourth-order valence-electron chi connectivity index (χ4n) is 3.21. The van der Waals surface area contributed by atoms with Gasteiger partial charge in [-0.05, 0) is 80.1 Å². The molecule has 32 heavy (non-hydrogen) atoms. The first-order chi connectivity index (χ1) is 15.4. The van der Waals surface area contributed by atoms with Gasteiger partial charge in [0.2, 0.25) is 0 Å². The van der Waals surface area contributed by atoms with Crippen LogP contribution in [0, 0.1) is 13.8 Å². The molecule has 0 unspecified atom stereocenters. The van der Waals surface area contributed by atoms with E-state index in [9.17, 15) is 4.79 Å². The zero-order valence-corrected chi connectivity index (χ0v) is 19.1. The lowest BCUT2D eigenvalue weighted by molar-refractivity contribution is 0.102. The first-order valence-corrected chi connectivity index (χ1v) is 10.8. The van der Waals surface area contributed by atoms with Gasteiger partial charge < -0.3 is 10.1 Å². The van der Waals surface area contributed by atoms with E-state index < -0.39 is 0 Å². The second-order valence-corrected chi connectivity index (χ2v) is 8.15. The largest absolute Gasteiger partial charge is 0.489 e. The Morgan fingerprint density at radius 2 is 1.59 bits per heavy atom. The van der Waals surface area contributed by atoms with E-state index in [-0.39, 0.29) is 5.91 Å². The average molecular weight is 466 g/mol. The summed E-state index contributed by atoms with van der Waals surface area (Å²) in [4.78, 5) is 12.6. The van der Waals surface area contributed by atoms with Crippen LogP contribution in [0.3, 0.4) is 0 Å². The molecule has 1 N–H and O–H groups in total. The van der Waals surface area contributed by atoms with Gasteiger partial charge in [-0.2, -0.15) is 5.10 Å². The van der Waals surface area contributed by atoms with Crippen LogP contribution < -0.4 is 10.1 Å². The highest BCUT2D eigenvalue weighted by Crippen LogP contribution is 2.23. The number of anilines is 1. The van der Waals surface area contributed by atoms with Crippen molar-refractivity contribution in [3.05, 3.63) is 105 Å². The number of aromatic nitrogens is 2. The summed E-state index contributed by atoms with van der Waals surface area (Å²) in [5.41, 5.74) is 4.77. The normalized spacial score (nSPS) is 10.8. The van der Waals surface area contributed by atoms with Gasteiger partial charge in [-0.1, -0.05) is 35.3 Å². The molecule has 5 nitrogen and oxygen atoms in total. The molecule has 3 aromatic carbocycles. The van der Waals surface area contributed by atoms with E-state index >= 15 is 0 Å². The van der Waals surface area contributed by atoms with Crippen LogP contribution in [-0.2, 0) is 6.61 Å². The summed E-state index contributed by atoms with van der Waals surface area (Å²) in [6.45, 7) is 4.21. The van der Waals surface area contributed by atoms with Gasteiger partial charge >= 0.3 is 0 Å². The molecule has 0 aliphatic carbocycles. The van der Waals surface area contributed by atoms with E-state index in [4.69, 9.17) is 27.9 Å². The van der Waals surface area contributed by atoms with Gasteiger partial charge in [0.25, 0.3) is 5.91 Å². The molecule has 162 valence electrons. The maximum Gasteiger partial charge on any atom is 0.255 e. The second-order valence-electron chi connectivity index (χ2n) is 7.34. The van der Waals surface area contributed by atoms with Crippen LogP contribution in [-0.4, -0.2) is 15.7 Å². The van der Waals surface area contributed by atoms with Gasteiger partial charge in [-0.15, -0.1) is 0 Å². The molecule has 0 aliphatic rings. The maximum atomic E-state index is 12.6. The lowest BCUT2D eigenvalue weighted by Crippen LogP contribution is -2.12. The van der Waals surface area contributed by atoms with E-state index in [1.54, 1.807) is 28.9 Å². The van der Waals surface area contributed by atoms with Gasteiger partial charge in [0.15, 0.2) is 0 Å². The predicted molar refractivity (Wildman–Crippen MR) is 128 cm³/mol. The molecule has 1 amide bonds. The number of halogens is 2. The Bertz CT molecular complexity index is 1230. The summed E-state index contributed by atoms with van der Waals surface area (Å²) in [5.74, 6) is 0.487. The molecule has 0 bridgehead atoms. The summed E-state index contributed by atoms with van der Waals surface area (Å²) < 4.78 is 7.55. The van der Waals surface area contributed by atoms with Crippen LogP contribution in [0.2, 0.25) is 10.0 Å². The summed E-state index contributed by atoms with van der Waals surface area (Å²) in [6, 6.07) is 22.0. The Labute approximate surface area is 196 Å². The molecule has 0 spiro atoms. The molecule has 1 heterocycles. The van der Waals surface area contributed by atoms with Crippen molar-refractivity contribution in [2.45, 2.75) is 20.5 Å². The molecule has 0 saturated heterocycles. The quantitative estimate of drug-likeness (QED) is 0.347. The van der Waals surface area contributed by atoms with Gasteiger partial charge in [0.05, 0.1) is 22.1 Å². The van der Waals surface area contributed by atoms with E-state index in [1.807, 2.05) is 62.4 Å². The highest BCUT2D eigenvalue weighted by Gasteiger charge is 2.11. The van der Waals surface area contributed by atoms with Crippen molar-refractivity contribution >= 4 is 34.8 Å². The van der Waals surface area contributed by atoms with Crippen molar-refractivity contribution in [3.8, 4) is 11.4 Å². The predicted octanol–water partition coefficient (Wildman–Crippen LogP) is 6.63. The van der Waals surface area contributed by atoms with Crippen molar-refractivity contribution in [2.24, 2.45) is 0 Å². The molecular formula is C25H21Cl2N3O2. The number of carbonyl (C=O) groups is 1.